The maximum atomic E-state index is 12.4. The molecule has 3 rings (SSSR count). The molecule has 3 aromatic rings. The Bertz CT molecular complexity index is 1180. The van der Waals surface area contributed by atoms with Gasteiger partial charge in [-0.05, 0) is 31.2 Å². The second-order valence-corrected chi connectivity index (χ2v) is 7.42. The van der Waals surface area contributed by atoms with Crippen molar-refractivity contribution in [2.24, 2.45) is 7.05 Å². The Kier molecular flexibility index (Phi) is 6.74. The van der Waals surface area contributed by atoms with Crippen LogP contribution in [-0.2, 0) is 27.8 Å². The van der Waals surface area contributed by atoms with Gasteiger partial charge in [0.15, 0.2) is 6.10 Å². The zero-order valence-corrected chi connectivity index (χ0v) is 17.8. The number of fused-ring (bicyclic) bond motifs is 1. The second kappa shape index (κ2) is 9.28. The number of esters is 1. The van der Waals surface area contributed by atoms with Crippen LogP contribution in [0.4, 0.5) is 5.69 Å². The molecule has 0 saturated heterocycles. The van der Waals surface area contributed by atoms with Crippen LogP contribution in [0.25, 0.3) is 10.9 Å². The van der Waals surface area contributed by atoms with Crippen molar-refractivity contribution in [1.82, 2.24) is 9.55 Å². The van der Waals surface area contributed by atoms with Crippen molar-refractivity contribution in [3.05, 3.63) is 68.7 Å². The zero-order valence-electron chi connectivity index (χ0n) is 16.3. The first-order chi connectivity index (χ1) is 14.3. The predicted molar refractivity (Wildman–Crippen MR) is 116 cm³/mol. The molecule has 2 aromatic carbocycles. The molecule has 1 amide bonds. The van der Waals surface area contributed by atoms with Crippen LogP contribution in [0.5, 0.6) is 0 Å². The lowest BCUT2D eigenvalue weighted by atomic mass is 10.2. The summed E-state index contributed by atoms with van der Waals surface area (Å²) in [6, 6.07) is 11.8. The number of amides is 1. The summed E-state index contributed by atoms with van der Waals surface area (Å²) in [7, 11) is 1.60. The van der Waals surface area contributed by atoms with Gasteiger partial charge in [0.05, 0.1) is 33.1 Å². The minimum absolute atomic E-state index is 0.0336. The highest BCUT2D eigenvalue weighted by atomic mass is 35.5. The van der Waals surface area contributed by atoms with Crippen molar-refractivity contribution in [3.63, 3.8) is 0 Å². The molecule has 0 aliphatic rings. The van der Waals surface area contributed by atoms with Gasteiger partial charge < -0.3 is 10.1 Å². The lowest BCUT2D eigenvalue weighted by molar-refractivity contribution is -0.153. The number of aryl methyl sites for hydroxylation is 1. The lowest BCUT2D eigenvalue weighted by Gasteiger charge is -2.15. The molecule has 1 aromatic heterocycles. The minimum atomic E-state index is -1.04. The molecular weight excluding hydrogens is 429 g/mol. The molecule has 7 nitrogen and oxygen atoms in total. The molecule has 0 saturated carbocycles. The second-order valence-electron chi connectivity index (χ2n) is 6.63. The van der Waals surface area contributed by atoms with Crippen molar-refractivity contribution in [2.75, 3.05) is 5.32 Å². The van der Waals surface area contributed by atoms with Gasteiger partial charge in [0.1, 0.15) is 5.82 Å². The summed E-state index contributed by atoms with van der Waals surface area (Å²) in [6.07, 6.45) is -0.876. The molecule has 0 bridgehead atoms. The molecule has 1 atom stereocenters. The summed E-state index contributed by atoms with van der Waals surface area (Å²) in [4.78, 5) is 41.3. The van der Waals surface area contributed by atoms with E-state index in [1.54, 1.807) is 49.5 Å². The number of aromatic nitrogens is 2. The van der Waals surface area contributed by atoms with Crippen molar-refractivity contribution >= 4 is 51.7 Å². The largest absolute Gasteiger partial charge is 0.453 e. The fraction of sp³-hybridized carbons (Fsp3) is 0.238. The van der Waals surface area contributed by atoms with E-state index in [-0.39, 0.29) is 23.4 Å². The quantitative estimate of drug-likeness (QED) is 0.581. The number of nitrogens with zero attached hydrogens (tertiary/aromatic N) is 2. The first-order valence-electron chi connectivity index (χ1n) is 9.17. The Morgan fingerprint density at radius 2 is 1.90 bits per heavy atom. The van der Waals surface area contributed by atoms with E-state index >= 15 is 0 Å². The fourth-order valence-corrected chi connectivity index (χ4v) is 3.19. The maximum Gasteiger partial charge on any atom is 0.307 e. The van der Waals surface area contributed by atoms with Gasteiger partial charge in [-0.2, -0.15) is 0 Å². The van der Waals surface area contributed by atoms with Crippen LogP contribution < -0.4 is 10.9 Å². The predicted octanol–water partition coefficient (Wildman–Crippen LogP) is 3.74. The van der Waals surface area contributed by atoms with E-state index in [0.717, 1.165) is 0 Å². The number of ether oxygens (including phenoxy) is 1. The van der Waals surface area contributed by atoms with E-state index in [1.807, 2.05) is 0 Å². The Hall–Kier alpha value is -2.90. The zero-order chi connectivity index (χ0) is 21.8. The number of carbonyl (C=O) groups excluding carboxylic acids is 2. The minimum Gasteiger partial charge on any atom is -0.453 e. The van der Waals surface area contributed by atoms with Gasteiger partial charge in [-0.15, -0.1) is 0 Å². The number of anilines is 1. The topological polar surface area (TPSA) is 90.3 Å². The smallest absolute Gasteiger partial charge is 0.307 e. The lowest BCUT2D eigenvalue weighted by Crippen LogP contribution is -2.30. The van der Waals surface area contributed by atoms with Gasteiger partial charge in [-0.25, -0.2) is 4.98 Å². The van der Waals surface area contributed by atoms with E-state index in [2.05, 4.69) is 10.3 Å². The molecule has 9 heteroatoms. The summed E-state index contributed by atoms with van der Waals surface area (Å²) in [6.45, 7) is 1.45. The normalized spacial score (nSPS) is 11.9. The number of benzene rings is 2. The molecule has 0 spiro atoms. The van der Waals surface area contributed by atoms with E-state index in [4.69, 9.17) is 27.9 Å². The molecule has 156 valence electrons. The number of hydrogen-bond acceptors (Lipinski definition) is 5. The molecule has 0 aliphatic heterocycles. The first kappa shape index (κ1) is 21.8. The van der Waals surface area contributed by atoms with Crippen LogP contribution >= 0.6 is 23.2 Å². The Morgan fingerprint density at radius 1 is 1.17 bits per heavy atom. The number of rotatable bonds is 6. The molecule has 1 heterocycles. The Labute approximate surface area is 182 Å². The van der Waals surface area contributed by atoms with Gasteiger partial charge in [0.25, 0.3) is 11.5 Å². The maximum absolute atomic E-state index is 12.4. The Morgan fingerprint density at radius 3 is 2.67 bits per heavy atom. The summed E-state index contributed by atoms with van der Waals surface area (Å²) >= 11 is 12.0. The molecule has 0 radical (unpaired) electrons. The van der Waals surface area contributed by atoms with Crippen LogP contribution in [0.2, 0.25) is 10.0 Å². The van der Waals surface area contributed by atoms with Crippen LogP contribution in [0.15, 0.2) is 47.3 Å². The molecular formula is C21H19Cl2N3O4. The Balaban J connectivity index is 1.61. The molecule has 0 aliphatic carbocycles. The van der Waals surface area contributed by atoms with E-state index < -0.39 is 18.0 Å². The molecule has 1 unspecified atom stereocenters. The van der Waals surface area contributed by atoms with Gasteiger partial charge in [-0.1, -0.05) is 41.4 Å². The molecule has 1 N–H and O–H groups in total. The van der Waals surface area contributed by atoms with Crippen LogP contribution in [0.1, 0.15) is 19.2 Å². The highest BCUT2D eigenvalue weighted by Crippen LogP contribution is 2.29. The first-order valence-corrected chi connectivity index (χ1v) is 9.92. The van der Waals surface area contributed by atoms with Crippen LogP contribution in [0.3, 0.4) is 0 Å². The third-order valence-corrected chi connectivity index (χ3v) is 5.33. The average Bonchev–Trinajstić information content (AvgIpc) is 2.73. The molecule has 0 fully saturated rings. The third-order valence-electron chi connectivity index (χ3n) is 4.52. The van der Waals surface area contributed by atoms with Crippen LogP contribution in [-0.4, -0.2) is 27.5 Å². The van der Waals surface area contributed by atoms with Crippen molar-refractivity contribution < 1.29 is 14.3 Å². The SMILES string of the molecule is CC(OC(=O)CCc1nc2ccccc2c(=O)n1C)C(=O)Nc1cccc(Cl)c1Cl. The third kappa shape index (κ3) is 4.80. The number of halogens is 2. The average molecular weight is 448 g/mol. The van der Waals surface area contributed by atoms with E-state index in [0.29, 0.717) is 27.4 Å². The van der Waals surface area contributed by atoms with E-state index in [9.17, 15) is 14.4 Å². The molecule has 30 heavy (non-hydrogen) atoms. The summed E-state index contributed by atoms with van der Waals surface area (Å²) in [5, 5.41) is 3.59. The van der Waals surface area contributed by atoms with Gasteiger partial charge in [-0.3, -0.25) is 19.0 Å². The van der Waals surface area contributed by atoms with Gasteiger partial charge in [0.2, 0.25) is 0 Å². The highest BCUT2D eigenvalue weighted by Gasteiger charge is 2.20. The summed E-state index contributed by atoms with van der Waals surface area (Å²) < 4.78 is 6.60. The standard InChI is InChI=1S/C21H19Cl2N3O4/c1-12(20(28)25-16-9-5-7-14(22)19(16)23)30-18(27)11-10-17-24-15-8-4-3-6-13(15)21(29)26(17)2/h3-9,12H,10-11H2,1-2H3,(H,25,28). The monoisotopic (exact) mass is 447 g/mol. The number of carbonyl (C=O) groups is 2. The van der Waals surface area contributed by atoms with E-state index in [1.165, 1.54) is 11.5 Å². The van der Waals surface area contributed by atoms with Crippen molar-refractivity contribution in [2.45, 2.75) is 25.9 Å². The number of hydrogen-bond donors (Lipinski definition) is 1. The number of para-hydroxylation sites is 1. The summed E-state index contributed by atoms with van der Waals surface area (Å²) in [5.74, 6) is -0.667. The fourth-order valence-electron chi connectivity index (χ4n) is 2.85. The van der Waals surface area contributed by atoms with Crippen LogP contribution in [0, 0.1) is 0 Å². The highest BCUT2D eigenvalue weighted by molar-refractivity contribution is 6.44. The summed E-state index contributed by atoms with van der Waals surface area (Å²) in [5.41, 5.74) is 0.706. The van der Waals surface area contributed by atoms with Crippen molar-refractivity contribution in [3.8, 4) is 0 Å². The van der Waals surface area contributed by atoms with Crippen molar-refractivity contribution in [1.29, 1.82) is 0 Å². The van der Waals surface area contributed by atoms with Gasteiger partial charge >= 0.3 is 5.97 Å². The van der Waals surface area contributed by atoms with Gasteiger partial charge in [0, 0.05) is 13.5 Å². The number of nitrogens with one attached hydrogen (secondary N) is 1.